The maximum atomic E-state index is 10.5. The molecule has 0 aliphatic heterocycles. The quantitative estimate of drug-likeness (QED) is 0.680. The fourth-order valence-corrected chi connectivity index (χ4v) is 1.20. The van der Waals surface area contributed by atoms with E-state index in [0.29, 0.717) is 11.1 Å². The molecule has 1 radical (unpaired) electrons. The van der Waals surface area contributed by atoms with E-state index in [4.69, 9.17) is 5.11 Å². The Balaban J connectivity index is 0.000000324. The minimum absolute atomic E-state index is 0. The molecule has 0 aliphatic carbocycles. The van der Waals surface area contributed by atoms with Crippen molar-refractivity contribution < 1.29 is 47.4 Å². The third-order valence-corrected chi connectivity index (χ3v) is 2.12. The molecule has 0 atom stereocenters. The topological polar surface area (TPSA) is 54.4 Å². The molecule has 0 amide bonds. The standard InChI is InChI=1S/C8H7O.C7H6O2.Y/c1-7(9)8-5-3-2-4-6-8;8-7(9)6-4-2-1-3-5-6;/h2-6H,1H2;1-5H,(H,8,9);/q-1;;. The molecular formula is C15H13O3Y-. The summed E-state index contributed by atoms with van der Waals surface area (Å²) in [5.74, 6) is -1.01. The van der Waals surface area contributed by atoms with Gasteiger partial charge in [-0.3, -0.25) is 0 Å². The molecule has 4 heteroatoms. The first kappa shape index (κ1) is 17.6. The van der Waals surface area contributed by atoms with E-state index < -0.39 is 5.97 Å². The monoisotopic (exact) mass is 330 g/mol. The van der Waals surface area contributed by atoms with Gasteiger partial charge in [0, 0.05) is 38.5 Å². The van der Waals surface area contributed by atoms with E-state index in [2.05, 4.69) is 6.92 Å². The smallest absolute Gasteiger partial charge is 0.335 e. The molecule has 0 unspecified atom stereocenters. The van der Waals surface area contributed by atoms with Crippen LogP contribution in [0.5, 0.6) is 0 Å². The molecule has 0 aromatic heterocycles. The molecular weight excluding hydrogens is 317 g/mol. The van der Waals surface area contributed by atoms with Crippen LogP contribution in [0.2, 0.25) is 0 Å². The van der Waals surface area contributed by atoms with E-state index in [1.165, 1.54) is 0 Å². The summed E-state index contributed by atoms with van der Waals surface area (Å²) in [4.78, 5) is 20.7. The average Bonchev–Trinajstić information content (AvgIpc) is 2.41. The van der Waals surface area contributed by atoms with Crippen LogP contribution in [-0.2, 0) is 32.7 Å². The minimum Gasteiger partial charge on any atom is -0.478 e. The first-order valence-electron chi connectivity index (χ1n) is 5.31. The second kappa shape index (κ2) is 9.48. The zero-order valence-corrected chi connectivity index (χ0v) is 13.2. The molecule has 0 heterocycles. The van der Waals surface area contributed by atoms with E-state index in [1.807, 2.05) is 18.2 Å². The summed E-state index contributed by atoms with van der Waals surface area (Å²) in [5.41, 5.74) is 0.995. The zero-order chi connectivity index (χ0) is 13.4. The Labute approximate surface area is 137 Å². The van der Waals surface area contributed by atoms with Gasteiger partial charge >= 0.3 is 5.97 Å². The Morgan fingerprint density at radius 3 is 1.37 bits per heavy atom. The van der Waals surface area contributed by atoms with Crippen LogP contribution in [0.25, 0.3) is 0 Å². The fourth-order valence-electron chi connectivity index (χ4n) is 1.20. The van der Waals surface area contributed by atoms with Gasteiger partial charge in [0.25, 0.3) is 0 Å². The molecule has 19 heavy (non-hydrogen) atoms. The molecule has 2 aromatic rings. The van der Waals surface area contributed by atoms with Gasteiger partial charge in [-0.05, 0) is 12.1 Å². The van der Waals surface area contributed by atoms with Gasteiger partial charge in [-0.15, -0.1) is 17.7 Å². The van der Waals surface area contributed by atoms with E-state index in [0.717, 1.165) is 0 Å². The van der Waals surface area contributed by atoms with Gasteiger partial charge in [0.1, 0.15) is 0 Å². The molecule has 95 valence electrons. The van der Waals surface area contributed by atoms with Gasteiger partial charge in [-0.2, -0.15) is 6.92 Å². The fraction of sp³-hybridized carbons (Fsp3) is 0. The van der Waals surface area contributed by atoms with E-state index in [1.54, 1.807) is 42.5 Å². The molecule has 2 aromatic carbocycles. The minimum atomic E-state index is -0.879. The first-order chi connectivity index (χ1) is 8.61. The van der Waals surface area contributed by atoms with Crippen LogP contribution in [-0.4, -0.2) is 16.9 Å². The van der Waals surface area contributed by atoms with Gasteiger partial charge in [-0.25, -0.2) is 4.79 Å². The van der Waals surface area contributed by atoms with Crippen LogP contribution in [0.1, 0.15) is 20.7 Å². The largest absolute Gasteiger partial charge is 0.478 e. The van der Waals surface area contributed by atoms with Crippen molar-refractivity contribution in [1.82, 2.24) is 0 Å². The van der Waals surface area contributed by atoms with Gasteiger partial charge in [0.15, 0.2) is 0 Å². The Hall–Kier alpha value is -1.45. The Kier molecular flexibility index (Phi) is 8.76. The predicted octanol–water partition coefficient (Wildman–Crippen LogP) is 3.09. The van der Waals surface area contributed by atoms with Crippen LogP contribution in [0.4, 0.5) is 0 Å². The Morgan fingerprint density at radius 1 is 0.789 bits per heavy atom. The number of carboxylic acids is 1. The number of rotatable bonds is 2. The zero-order valence-electron chi connectivity index (χ0n) is 10.3. The molecule has 0 spiro atoms. The number of Topliss-reactive ketones (excluding diaryl/α,β-unsaturated/α-hetero) is 1. The van der Waals surface area contributed by atoms with Crippen molar-refractivity contribution in [1.29, 1.82) is 0 Å². The van der Waals surface area contributed by atoms with Crippen molar-refractivity contribution in [2.24, 2.45) is 0 Å². The molecule has 1 N–H and O–H groups in total. The van der Waals surface area contributed by atoms with E-state index in [9.17, 15) is 9.59 Å². The second-order valence-electron chi connectivity index (χ2n) is 3.46. The van der Waals surface area contributed by atoms with Crippen molar-refractivity contribution in [3.63, 3.8) is 0 Å². The summed E-state index contributed by atoms with van der Waals surface area (Å²) in [7, 11) is 0. The number of carboxylic acid groups (broad SMARTS) is 1. The second-order valence-corrected chi connectivity index (χ2v) is 3.46. The SMILES string of the molecule is O=C(O)c1ccccc1.[CH2-]C(=O)c1ccccc1.[Y]. The van der Waals surface area contributed by atoms with Crippen LogP contribution >= 0.6 is 0 Å². The Bertz CT molecular complexity index is 460. The summed E-state index contributed by atoms with van der Waals surface area (Å²) >= 11 is 0. The van der Waals surface area contributed by atoms with Crippen molar-refractivity contribution in [2.75, 3.05) is 0 Å². The number of hydrogen-bond donors (Lipinski definition) is 1. The molecule has 0 aliphatic rings. The van der Waals surface area contributed by atoms with Gasteiger partial charge in [0.2, 0.25) is 0 Å². The van der Waals surface area contributed by atoms with Gasteiger partial charge in [0.05, 0.1) is 5.56 Å². The van der Waals surface area contributed by atoms with Crippen LogP contribution in [0, 0.1) is 6.92 Å². The van der Waals surface area contributed by atoms with Crippen molar-refractivity contribution in [3.05, 3.63) is 78.7 Å². The maximum Gasteiger partial charge on any atom is 0.335 e. The van der Waals surface area contributed by atoms with Crippen LogP contribution in [0.15, 0.2) is 60.7 Å². The summed E-state index contributed by atoms with van der Waals surface area (Å²) in [6.45, 7) is 3.27. The van der Waals surface area contributed by atoms with Crippen LogP contribution in [0.3, 0.4) is 0 Å². The van der Waals surface area contributed by atoms with Gasteiger partial charge in [-0.1, -0.05) is 36.4 Å². The molecule has 3 nitrogen and oxygen atoms in total. The van der Waals surface area contributed by atoms with E-state index >= 15 is 0 Å². The number of ketones is 1. The molecule has 2 rings (SSSR count). The first-order valence-corrected chi connectivity index (χ1v) is 5.31. The molecule has 0 saturated heterocycles. The summed E-state index contributed by atoms with van der Waals surface area (Å²) in [6.07, 6.45) is 0. The maximum absolute atomic E-state index is 10.5. The summed E-state index contributed by atoms with van der Waals surface area (Å²) < 4.78 is 0. The number of carbonyl (C=O) groups excluding carboxylic acids is 1. The van der Waals surface area contributed by atoms with E-state index in [-0.39, 0.29) is 38.5 Å². The van der Waals surface area contributed by atoms with Gasteiger partial charge < -0.3 is 9.90 Å². The third-order valence-electron chi connectivity index (χ3n) is 2.12. The number of benzene rings is 2. The predicted molar refractivity (Wildman–Crippen MR) is 69.5 cm³/mol. The van der Waals surface area contributed by atoms with Crippen molar-refractivity contribution in [2.45, 2.75) is 0 Å². The number of carbonyl (C=O) groups is 2. The number of hydrogen-bond acceptors (Lipinski definition) is 2. The molecule has 0 saturated carbocycles. The number of aromatic carboxylic acids is 1. The average molecular weight is 330 g/mol. The van der Waals surface area contributed by atoms with Crippen LogP contribution < -0.4 is 0 Å². The molecule has 0 bridgehead atoms. The molecule has 0 fully saturated rings. The third kappa shape index (κ3) is 6.89. The van der Waals surface area contributed by atoms with Crippen molar-refractivity contribution >= 4 is 11.8 Å². The summed E-state index contributed by atoms with van der Waals surface area (Å²) in [5, 5.41) is 8.38. The van der Waals surface area contributed by atoms with Crippen molar-refractivity contribution in [3.8, 4) is 0 Å². The normalized spacial score (nSPS) is 8.42. The Morgan fingerprint density at radius 2 is 1.16 bits per heavy atom. The summed E-state index contributed by atoms with van der Waals surface area (Å²) in [6, 6.07) is 17.3.